The zero-order valence-electron chi connectivity index (χ0n) is 11.8. The van der Waals surface area contributed by atoms with Crippen molar-refractivity contribution in [3.8, 4) is 11.7 Å². The van der Waals surface area contributed by atoms with E-state index in [9.17, 15) is 4.79 Å². The van der Waals surface area contributed by atoms with Crippen molar-refractivity contribution in [2.45, 2.75) is 6.61 Å². The van der Waals surface area contributed by atoms with Gasteiger partial charge in [0.15, 0.2) is 12.4 Å². The van der Waals surface area contributed by atoms with Crippen molar-refractivity contribution in [1.82, 2.24) is 10.2 Å². The summed E-state index contributed by atoms with van der Waals surface area (Å²) in [5.74, 6) is 0.407. The van der Waals surface area contributed by atoms with Gasteiger partial charge < -0.3 is 13.6 Å². The van der Waals surface area contributed by atoms with E-state index in [-0.39, 0.29) is 18.4 Å². The summed E-state index contributed by atoms with van der Waals surface area (Å²) in [6.07, 6.45) is 4.51. The molecule has 3 rings (SSSR count). The van der Waals surface area contributed by atoms with Crippen molar-refractivity contribution in [2.24, 2.45) is 0 Å². The van der Waals surface area contributed by atoms with Crippen LogP contribution in [0.4, 0.5) is 0 Å². The van der Waals surface area contributed by atoms with Gasteiger partial charge in [0.2, 0.25) is 0 Å². The number of ether oxygens (including phenoxy) is 1. The maximum atomic E-state index is 11.7. The van der Waals surface area contributed by atoms with E-state index in [4.69, 9.17) is 13.6 Å². The highest BCUT2D eigenvalue weighted by Gasteiger charge is 2.11. The number of furan rings is 1. The molecule has 2 heterocycles. The molecule has 0 aliphatic carbocycles. The van der Waals surface area contributed by atoms with Crippen molar-refractivity contribution in [1.29, 1.82) is 0 Å². The molecule has 7 heteroatoms. The molecule has 0 aliphatic heterocycles. The molecule has 2 aromatic heterocycles. The number of carbonyl (C=O) groups is 1. The third-order valence-corrected chi connectivity index (χ3v) is 3.35. The van der Waals surface area contributed by atoms with Crippen LogP contribution in [0.1, 0.15) is 11.5 Å². The lowest BCUT2D eigenvalue weighted by atomic mass is 10.2. The van der Waals surface area contributed by atoms with E-state index in [1.165, 1.54) is 12.3 Å². The van der Waals surface area contributed by atoms with E-state index in [0.717, 1.165) is 10.0 Å². The zero-order valence-corrected chi connectivity index (χ0v) is 13.4. The fourth-order valence-electron chi connectivity index (χ4n) is 1.73. The smallest absolute Gasteiger partial charge is 0.331 e. The van der Waals surface area contributed by atoms with Gasteiger partial charge in [0.1, 0.15) is 0 Å². The zero-order chi connectivity index (χ0) is 16.1. The molecule has 0 amide bonds. The Bertz CT molecular complexity index is 807. The summed E-state index contributed by atoms with van der Waals surface area (Å²) in [6.45, 7) is -0.1000. The number of halogens is 1. The van der Waals surface area contributed by atoms with Crippen molar-refractivity contribution in [3.05, 3.63) is 64.7 Å². The molecular formula is C16H11BrN2O4. The highest BCUT2D eigenvalue weighted by molar-refractivity contribution is 9.10. The number of hydrogen-bond donors (Lipinski definition) is 0. The first-order chi connectivity index (χ1) is 11.2. The van der Waals surface area contributed by atoms with E-state index < -0.39 is 5.97 Å². The van der Waals surface area contributed by atoms with Crippen LogP contribution in [0.3, 0.4) is 0 Å². The third kappa shape index (κ3) is 4.17. The van der Waals surface area contributed by atoms with Crippen LogP contribution in [0.2, 0.25) is 0 Å². The number of aromatic nitrogens is 2. The Kier molecular flexibility index (Phi) is 4.68. The Hall–Kier alpha value is -2.67. The molecule has 3 aromatic rings. The number of hydrogen-bond acceptors (Lipinski definition) is 6. The SMILES string of the molecule is O=C(/C=C/c1ccc(Br)cc1)OCc1nnc(-c2ccco2)o1. The standard InChI is InChI=1S/C16H11BrN2O4/c17-12-6-3-11(4-7-12)5-8-15(20)22-10-14-18-19-16(23-14)13-2-1-9-21-13/h1-9H,10H2/b8-5+. The van der Waals surface area contributed by atoms with Crippen LogP contribution in [-0.4, -0.2) is 16.2 Å². The van der Waals surface area contributed by atoms with Crippen LogP contribution in [-0.2, 0) is 16.1 Å². The predicted octanol–water partition coefficient (Wildman–Crippen LogP) is 3.85. The molecule has 0 atom stereocenters. The molecule has 0 radical (unpaired) electrons. The fourth-order valence-corrected chi connectivity index (χ4v) is 2.00. The molecule has 6 nitrogen and oxygen atoms in total. The summed E-state index contributed by atoms with van der Waals surface area (Å²) in [4.78, 5) is 11.7. The molecule has 116 valence electrons. The van der Waals surface area contributed by atoms with Gasteiger partial charge in [0.05, 0.1) is 6.26 Å². The molecule has 23 heavy (non-hydrogen) atoms. The second-order valence-electron chi connectivity index (χ2n) is 4.47. The molecule has 0 fully saturated rings. The van der Waals surface area contributed by atoms with Crippen LogP contribution >= 0.6 is 15.9 Å². The normalized spacial score (nSPS) is 11.0. The second-order valence-corrected chi connectivity index (χ2v) is 5.39. The van der Waals surface area contributed by atoms with Gasteiger partial charge in [-0.15, -0.1) is 10.2 Å². The highest BCUT2D eigenvalue weighted by Crippen LogP contribution is 2.18. The molecule has 1 aromatic carbocycles. The van der Waals surface area contributed by atoms with Gasteiger partial charge in [-0.25, -0.2) is 4.79 Å². The van der Waals surface area contributed by atoms with E-state index >= 15 is 0 Å². The number of esters is 1. The topological polar surface area (TPSA) is 78.4 Å². The quantitative estimate of drug-likeness (QED) is 0.498. The minimum atomic E-state index is -0.495. The second kappa shape index (κ2) is 7.06. The van der Waals surface area contributed by atoms with Gasteiger partial charge >= 0.3 is 5.97 Å². The highest BCUT2D eigenvalue weighted by atomic mass is 79.9. The van der Waals surface area contributed by atoms with Gasteiger partial charge in [-0.05, 0) is 35.9 Å². The Morgan fingerprint density at radius 2 is 2.04 bits per heavy atom. The first-order valence-corrected chi connectivity index (χ1v) is 7.47. The molecule has 0 aliphatic rings. The molecule has 0 saturated heterocycles. The predicted molar refractivity (Wildman–Crippen MR) is 85.0 cm³/mol. The van der Waals surface area contributed by atoms with Crippen LogP contribution in [0.25, 0.3) is 17.7 Å². The summed E-state index contributed by atoms with van der Waals surface area (Å²) in [6, 6.07) is 10.9. The number of benzene rings is 1. The Morgan fingerprint density at radius 1 is 1.22 bits per heavy atom. The average Bonchev–Trinajstić information content (AvgIpc) is 3.23. The molecule has 0 spiro atoms. The lowest BCUT2D eigenvalue weighted by Gasteiger charge is -1.97. The van der Waals surface area contributed by atoms with Crippen LogP contribution in [0.5, 0.6) is 0 Å². The largest absolute Gasteiger partial charge is 0.459 e. The van der Waals surface area contributed by atoms with Crippen molar-refractivity contribution >= 4 is 28.0 Å². The summed E-state index contributed by atoms with van der Waals surface area (Å²) in [5.41, 5.74) is 0.892. The monoisotopic (exact) mass is 374 g/mol. The summed E-state index contributed by atoms with van der Waals surface area (Å²) in [5, 5.41) is 7.60. The van der Waals surface area contributed by atoms with Crippen LogP contribution in [0.15, 0.2) is 62.0 Å². The van der Waals surface area contributed by atoms with E-state index in [0.29, 0.717) is 5.76 Å². The fraction of sp³-hybridized carbons (Fsp3) is 0.0625. The van der Waals surface area contributed by atoms with E-state index in [1.807, 2.05) is 24.3 Å². The molecule has 0 N–H and O–H groups in total. The lowest BCUT2D eigenvalue weighted by Crippen LogP contribution is -2.00. The first kappa shape index (κ1) is 15.2. The Labute approximate surface area is 139 Å². The third-order valence-electron chi connectivity index (χ3n) is 2.82. The first-order valence-electron chi connectivity index (χ1n) is 6.67. The van der Waals surface area contributed by atoms with Gasteiger partial charge in [-0.3, -0.25) is 0 Å². The van der Waals surface area contributed by atoms with E-state index in [2.05, 4.69) is 26.1 Å². The summed E-state index contributed by atoms with van der Waals surface area (Å²) < 4.78 is 16.5. The summed E-state index contributed by atoms with van der Waals surface area (Å²) in [7, 11) is 0. The maximum absolute atomic E-state index is 11.7. The maximum Gasteiger partial charge on any atom is 0.331 e. The van der Waals surface area contributed by atoms with Crippen molar-refractivity contribution in [3.63, 3.8) is 0 Å². The van der Waals surface area contributed by atoms with Gasteiger partial charge in [0.25, 0.3) is 11.8 Å². The van der Waals surface area contributed by atoms with Crippen LogP contribution in [0, 0.1) is 0 Å². The Morgan fingerprint density at radius 3 is 2.78 bits per heavy atom. The van der Waals surface area contributed by atoms with E-state index in [1.54, 1.807) is 18.2 Å². The van der Waals surface area contributed by atoms with Gasteiger partial charge in [-0.1, -0.05) is 28.1 Å². The number of rotatable bonds is 5. The van der Waals surface area contributed by atoms with Gasteiger partial charge in [-0.2, -0.15) is 0 Å². The average molecular weight is 375 g/mol. The number of carbonyl (C=O) groups excluding carboxylic acids is 1. The lowest BCUT2D eigenvalue weighted by molar-refractivity contribution is -0.139. The Balaban J connectivity index is 1.54. The molecule has 0 bridgehead atoms. The van der Waals surface area contributed by atoms with Crippen molar-refractivity contribution in [2.75, 3.05) is 0 Å². The van der Waals surface area contributed by atoms with Gasteiger partial charge in [0, 0.05) is 10.5 Å². The van der Waals surface area contributed by atoms with Crippen molar-refractivity contribution < 1.29 is 18.4 Å². The minimum absolute atomic E-state index is 0.1000. The number of nitrogens with zero attached hydrogens (tertiary/aromatic N) is 2. The molecule has 0 saturated carbocycles. The molecule has 0 unspecified atom stereocenters. The van der Waals surface area contributed by atoms with Crippen LogP contribution < -0.4 is 0 Å². The minimum Gasteiger partial charge on any atom is -0.459 e. The summed E-state index contributed by atoms with van der Waals surface area (Å²) >= 11 is 3.35. The molecular weight excluding hydrogens is 364 g/mol.